The van der Waals surface area contributed by atoms with Crippen molar-refractivity contribution in [1.82, 2.24) is 15.1 Å². The molecule has 0 radical (unpaired) electrons. The van der Waals surface area contributed by atoms with E-state index in [1.54, 1.807) is 17.0 Å². The van der Waals surface area contributed by atoms with Crippen LogP contribution in [-0.4, -0.2) is 46.7 Å². The van der Waals surface area contributed by atoms with Gasteiger partial charge in [0.15, 0.2) is 0 Å². The summed E-state index contributed by atoms with van der Waals surface area (Å²) in [6.45, 7) is 4.07. The second kappa shape index (κ2) is 8.74. The molecule has 3 aliphatic rings. The van der Waals surface area contributed by atoms with Crippen LogP contribution in [0.3, 0.4) is 0 Å². The van der Waals surface area contributed by atoms with Crippen molar-refractivity contribution in [3.8, 4) is 5.75 Å². The number of benzene rings is 2. The Bertz CT molecular complexity index is 1040. The monoisotopic (exact) mass is 433 g/mol. The van der Waals surface area contributed by atoms with Gasteiger partial charge < -0.3 is 9.64 Å². The molecule has 1 N–H and O–H groups in total. The number of amides is 3. The van der Waals surface area contributed by atoms with Gasteiger partial charge in [-0.05, 0) is 55.6 Å². The first-order valence-corrected chi connectivity index (χ1v) is 11.3. The summed E-state index contributed by atoms with van der Waals surface area (Å²) in [4.78, 5) is 40.7. The van der Waals surface area contributed by atoms with Crippen LogP contribution in [0.2, 0.25) is 0 Å². The van der Waals surface area contributed by atoms with Gasteiger partial charge in [-0.3, -0.25) is 24.6 Å². The number of carbonyl (C=O) groups excluding carboxylic acids is 3. The van der Waals surface area contributed by atoms with Gasteiger partial charge in [-0.2, -0.15) is 0 Å². The SMILES string of the molecule is O=C1CCC(N2Cc3c(OCc4ccc(CN5CCCC5)cc4)cccc3C2=O)C(=O)N1. The van der Waals surface area contributed by atoms with Crippen LogP contribution in [0.15, 0.2) is 42.5 Å². The minimum absolute atomic E-state index is 0.189. The summed E-state index contributed by atoms with van der Waals surface area (Å²) >= 11 is 0. The Hall–Kier alpha value is -3.19. The molecule has 7 heteroatoms. The van der Waals surface area contributed by atoms with Gasteiger partial charge in [-0.15, -0.1) is 0 Å². The topological polar surface area (TPSA) is 79.0 Å². The summed E-state index contributed by atoms with van der Waals surface area (Å²) in [6, 6.07) is 13.3. The van der Waals surface area contributed by atoms with E-state index in [1.165, 1.54) is 31.5 Å². The van der Waals surface area contributed by atoms with E-state index in [0.29, 0.717) is 30.9 Å². The van der Waals surface area contributed by atoms with Gasteiger partial charge in [-0.1, -0.05) is 30.3 Å². The zero-order chi connectivity index (χ0) is 22.1. The Morgan fingerprint density at radius 1 is 0.969 bits per heavy atom. The lowest BCUT2D eigenvalue weighted by Gasteiger charge is -2.29. The highest BCUT2D eigenvalue weighted by molar-refractivity contribution is 6.05. The van der Waals surface area contributed by atoms with E-state index in [1.807, 2.05) is 6.07 Å². The normalized spacial score (nSPS) is 21.1. The second-order valence-electron chi connectivity index (χ2n) is 8.77. The molecule has 2 aromatic rings. The number of imide groups is 1. The fraction of sp³-hybridized carbons (Fsp3) is 0.400. The van der Waals surface area contributed by atoms with E-state index in [0.717, 1.165) is 17.7 Å². The van der Waals surface area contributed by atoms with Gasteiger partial charge in [0.2, 0.25) is 11.8 Å². The summed E-state index contributed by atoms with van der Waals surface area (Å²) in [5, 5.41) is 2.34. The van der Waals surface area contributed by atoms with Gasteiger partial charge in [0.1, 0.15) is 18.4 Å². The number of likely N-dealkylation sites (tertiary alicyclic amines) is 1. The molecular weight excluding hydrogens is 406 g/mol. The molecule has 3 aliphatic heterocycles. The molecule has 3 amide bonds. The van der Waals surface area contributed by atoms with Crippen molar-refractivity contribution in [1.29, 1.82) is 0 Å². The van der Waals surface area contributed by atoms with Crippen LogP contribution in [-0.2, 0) is 29.3 Å². The molecule has 7 nitrogen and oxygen atoms in total. The zero-order valence-corrected chi connectivity index (χ0v) is 18.0. The molecule has 1 atom stereocenters. The summed E-state index contributed by atoms with van der Waals surface area (Å²) < 4.78 is 6.09. The molecule has 0 aromatic heterocycles. The number of carbonyl (C=O) groups is 3. The number of piperidine rings is 1. The van der Waals surface area contributed by atoms with Crippen LogP contribution in [0.5, 0.6) is 5.75 Å². The Morgan fingerprint density at radius 2 is 1.72 bits per heavy atom. The molecule has 2 saturated heterocycles. The quantitative estimate of drug-likeness (QED) is 0.709. The average Bonchev–Trinajstić information content (AvgIpc) is 3.42. The van der Waals surface area contributed by atoms with Crippen LogP contribution in [0.25, 0.3) is 0 Å². The van der Waals surface area contributed by atoms with E-state index in [-0.39, 0.29) is 18.2 Å². The Morgan fingerprint density at radius 3 is 2.47 bits per heavy atom. The smallest absolute Gasteiger partial charge is 0.255 e. The average molecular weight is 434 g/mol. The zero-order valence-electron chi connectivity index (χ0n) is 18.0. The first kappa shape index (κ1) is 20.7. The van der Waals surface area contributed by atoms with Crippen LogP contribution < -0.4 is 10.1 Å². The number of rotatable bonds is 6. The van der Waals surface area contributed by atoms with Crippen molar-refractivity contribution in [2.45, 2.75) is 51.4 Å². The van der Waals surface area contributed by atoms with Crippen molar-refractivity contribution in [2.24, 2.45) is 0 Å². The summed E-state index contributed by atoms with van der Waals surface area (Å²) in [6.07, 6.45) is 3.17. The third-order valence-corrected chi connectivity index (χ3v) is 6.56. The molecule has 0 bridgehead atoms. The predicted molar refractivity (Wildman–Crippen MR) is 118 cm³/mol. The van der Waals surface area contributed by atoms with Crippen LogP contribution >= 0.6 is 0 Å². The van der Waals surface area contributed by atoms with Gasteiger partial charge in [0.25, 0.3) is 5.91 Å². The first-order chi connectivity index (χ1) is 15.6. The van der Waals surface area contributed by atoms with Crippen LogP contribution in [0, 0.1) is 0 Å². The third kappa shape index (κ3) is 4.12. The molecule has 1 unspecified atom stereocenters. The van der Waals surface area contributed by atoms with Crippen LogP contribution in [0.4, 0.5) is 0 Å². The highest BCUT2D eigenvalue weighted by Gasteiger charge is 2.40. The number of nitrogens with zero attached hydrogens (tertiary/aromatic N) is 2. The van der Waals surface area contributed by atoms with Crippen molar-refractivity contribution in [3.63, 3.8) is 0 Å². The largest absolute Gasteiger partial charge is 0.489 e. The second-order valence-corrected chi connectivity index (χ2v) is 8.77. The molecule has 0 aliphatic carbocycles. The van der Waals surface area contributed by atoms with Crippen molar-refractivity contribution in [3.05, 3.63) is 64.7 Å². The van der Waals surface area contributed by atoms with Gasteiger partial charge in [-0.25, -0.2) is 0 Å². The number of nitrogens with one attached hydrogen (secondary N) is 1. The first-order valence-electron chi connectivity index (χ1n) is 11.3. The Kier molecular flexibility index (Phi) is 5.66. The number of fused-ring (bicyclic) bond motifs is 1. The Labute approximate surface area is 187 Å². The number of ether oxygens (including phenoxy) is 1. The molecule has 0 saturated carbocycles. The standard InChI is InChI=1S/C25H27N3O4/c29-23-11-10-21(24(30)26-23)28-15-20-19(25(28)31)4-3-5-22(20)32-16-18-8-6-17(7-9-18)14-27-12-1-2-13-27/h3-9,21H,1-2,10-16H2,(H,26,29,30). The van der Waals surface area contributed by atoms with E-state index < -0.39 is 11.9 Å². The van der Waals surface area contributed by atoms with E-state index in [4.69, 9.17) is 4.74 Å². The minimum Gasteiger partial charge on any atom is -0.489 e. The molecule has 32 heavy (non-hydrogen) atoms. The maximum absolute atomic E-state index is 12.9. The number of hydrogen-bond acceptors (Lipinski definition) is 5. The highest BCUT2D eigenvalue weighted by atomic mass is 16.5. The molecule has 2 fully saturated rings. The predicted octanol–water partition coefficient (Wildman–Crippen LogP) is 2.62. The Balaban J connectivity index is 1.25. The highest BCUT2D eigenvalue weighted by Crippen LogP contribution is 2.34. The summed E-state index contributed by atoms with van der Waals surface area (Å²) in [5.74, 6) is -0.220. The number of hydrogen-bond donors (Lipinski definition) is 1. The van der Waals surface area contributed by atoms with Gasteiger partial charge in [0.05, 0.1) is 6.54 Å². The fourth-order valence-corrected chi connectivity index (χ4v) is 4.79. The summed E-state index contributed by atoms with van der Waals surface area (Å²) in [5.41, 5.74) is 3.74. The summed E-state index contributed by atoms with van der Waals surface area (Å²) in [7, 11) is 0. The minimum atomic E-state index is -0.622. The van der Waals surface area contributed by atoms with Gasteiger partial charge >= 0.3 is 0 Å². The lowest BCUT2D eigenvalue weighted by molar-refractivity contribution is -0.136. The fourth-order valence-electron chi connectivity index (χ4n) is 4.79. The van der Waals surface area contributed by atoms with E-state index >= 15 is 0 Å². The lowest BCUT2D eigenvalue weighted by atomic mass is 10.0. The molecular formula is C25H27N3O4. The lowest BCUT2D eigenvalue weighted by Crippen LogP contribution is -2.52. The van der Waals surface area contributed by atoms with E-state index in [2.05, 4.69) is 34.5 Å². The molecule has 2 aromatic carbocycles. The maximum Gasteiger partial charge on any atom is 0.255 e. The maximum atomic E-state index is 12.9. The van der Waals surface area contributed by atoms with Crippen molar-refractivity contribution < 1.29 is 19.1 Å². The van der Waals surface area contributed by atoms with E-state index in [9.17, 15) is 14.4 Å². The van der Waals surface area contributed by atoms with Crippen molar-refractivity contribution >= 4 is 17.7 Å². The van der Waals surface area contributed by atoms with Gasteiger partial charge in [0, 0.05) is 24.1 Å². The molecule has 5 rings (SSSR count). The van der Waals surface area contributed by atoms with Crippen LogP contribution in [0.1, 0.15) is 52.7 Å². The van der Waals surface area contributed by atoms with Crippen molar-refractivity contribution in [2.75, 3.05) is 13.1 Å². The third-order valence-electron chi connectivity index (χ3n) is 6.56. The molecule has 3 heterocycles. The molecule has 166 valence electrons. The molecule has 0 spiro atoms.